The molecule has 1 fully saturated rings. The third-order valence-corrected chi connectivity index (χ3v) is 3.43. The van der Waals surface area contributed by atoms with Crippen LogP contribution in [-0.2, 0) is 0 Å². The van der Waals surface area contributed by atoms with E-state index >= 15 is 0 Å². The minimum absolute atomic E-state index is 0.151. The van der Waals surface area contributed by atoms with Crippen LogP contribution in [0.4, 0.5) is 5.82 Å². The SMILES string of the molecule is CCOc1cccnc1N(CCO)C1CCCC1. The van der Waals surface area contributed by atoms with Gasteiger partial charge >= 0.3 is 0 Å². The Morgan fingerprint density at radius 1 is 1.44 bits per heavy atom. The molecule has 0 unspecified atom stereocenters. The number of hydrogen-bond acceptors (Lipinski definition) is 4. The van der Waals surface area contributed by atoms with Crippen molar-refractivity contribution in [3.8, 4) is 5.75 Å². The van der Waals surface area contributed by atoms with Gasteiger partial charge in [0.15, 0.2) is 11.6 Å². The molecule has 100 valence electrons. The van der Waals surface area contributed by atoms with Crippen molar-refractivity contribution < 1.29 is 9.84 Å². The number of pyridine rings is 1. The molecule has 2 rings (SSSR count). The van der Waals surface area contributed by atoms with E-state index in [0.717, 1.165) is 11.6 Å². The molecule has 0 aromatic carbocycles. The fourth-order valence-corrected chi connectivity index (χ4v) is 2.65. The van der Waals surface area contributed by atoms with Crippen LogP contribution < -0.4 is 9.64 Å². The van der Waals surface area contributed by atoms with Gasteiger partial charge in [-0.1, -0.05) is 12.8 Å². The third-order valence-electron chi connectivity index (χ3n) is 3.43. The Morgan fingerprint density at radius 3 is 2.89 bits per heavy atom. The van der Waals surface area contributed by atoms with Gasteiger partial charge in [0.25, 0.3) is 0 Å². The Hall–Kier alpha value is -1.29. The second-order valence-corrected chi connectivity index (χ2v) is 4.61. The summed E-state index contributed by atoms with van der Waals surface area (Å²) in [5.74, 6) is 1.70. The van der Waals surface area contributed by atoms with E-state index in [1.165, 1.54) is 25.7 Å². The van der Waals surface area contributed by atoms with Gasteiger partial charge in [-0.2, -0.15) is 0 Å². The predicted octanol–water partition coefficient (Wildman–Crippen LogP) is 2.22. The molecule has 1 aliphatic rings. The molecule has 0 aliphatic heterocycles. The normalized spacial score (nSPS) is 15.9. The summed E-state index contributed by atoms with van der Waals surface area (Å²) < 4.78 is 5.64. The molecule has 0 atom stereocenters. The lowest BCUT2D eigenvalue weighted by molar-refractivity contribution is 0.294. The van der Waals surface area contributed by atoms with Gasteiger partial charge < -0.3 is 14.7 Å². The highest BCUT2D eigenvalue weighted by molar-refractivity contribution is 5.53. The Bertz CT molecular complexity index is 365. The molecule has 0 radical (unpaired) electrons. The standard InChI is InChI=1S/C14H22N2O2/c1-2-18-13-8-5-9-15-14(13)16(10-11-17)12-6-3-4-7-12/h5,8-9,12,17H,2-4,6-7,10-11H2,1H3. The quantitative estimate of drug-likeness (QED) is 0.841. The van der Waals surface area contributed by atoms with Crippen LogP contribution in [0.1, 0.15) is 32.6 Å². The summed E-state index contributed by atoms with van der Waals surface area (Å²) in [5.41, 5.74) is 0. The lowest BCUT2D eigenvalue weighted by atomic mass is 10.2. The zero-order valence-electron chi connectivity index (χ0n) is 11.0. The molecule has 1 aromatic rings. The van der Waals surface area contributed by atoms with Gasteiger partial charge in [-0.05, 0) is 31.9 Å². The largest absolute Gasteiger partial charge is 0.490 e. The van der Waals surface area contributed by atoms with E-state index in [9.17, 15) is 5.11 Å². The van der Waals surface area contributed by atoms with Crippen molar-refractivity contribution in [1.29, 1.82) is 0 Å². The van der Waals surface area contributed by atoms with Crippen molar-refractivity contribution in [3.05, 3.63) is 18.3 Å². The van der Waals surface area contributed by atoms with Crippen molar-refractivity contribution in [2.75, 3.05) is 24.7 Å². The van der Waals surface area contributed by atoms with Crippen LogP contribution in [0.5, 0.6) is 5.75 Å². The number of aliphatic hydroxyl groups excluding tert-OH is 1. The Labute approximate surface area is 109 Å². The first-order valence-corrected chi connectivity index (χ1v) is 6.82. The van der Waals surface area contributed by atoms with Crippen LogP contribution in [0.2, 0.25) is 0 Å². The van der Waals surface area contributed by atoms with Crippen molar-refractivity contribution in [2.45, 2.75) is 38.6 Å². The average Bonchev–Trinajstić information content (AvgIpc) is 2.91. The molecule has 4 nitrogen and oxygen atoms in total. The first kappa shape index (κ1) is 13.1. The number of hydrogen-bond donors (Lipinski definition) is 1. The van der Waals surface area contributed by atoms with E-state index in [1.807, 2.05) is 19.1 Å². The molecule has 18 heavy (non-hydrogen) atoms. The molecule has 1 heterocycles. The molecule has 1 saturated carbocycles. The Morgan fingerprint density at radius 2 is 2.22 bits per heavy atom. The third kappa shape index (κ3) is 2.93. The van der Waals surface area contributed by atoms with E-state index in [0.29, 0.717) is 19.2 Å². The summed E-state index contributed by atoms with van der Waals surface area (Å²) in [6.45, 7) is 3.39. The van der Waals surface area contributed by atoms with Crippen molar-refractivity contribution >= 4 is 5.82 Å². The number of nitrogens with zero attached hydrogens (tertiary/aromatic N) is 2. The maximum atomic E-state index is 9.27. The van der Waals surface area contributed by atoms with Gasteiger partial charge in [-0.25, -0.2) is 4.98 Å². The van der Waals surface area contributed by atoms with E-state index in [-0.39, 0.29) is 6.61 Å². The highest BCUT2D eigenvalue weighted by Crippen LogP contribution is 2.32. The summed E-state index contributed by atoms with van der Waals surface area (Å²) in [4.78, 5) is 6.66. The van der Waals surface area contributed by atoms with Crippen molar-refractivity contribution in [2.24, 2.45) is 0 Å². The maximum Gasteiger partial charge on any atom is 0.171 e. The number of anilines is 1. The van der Waals surface area contributed by atoms with E-state index in [1.54, 1.807) is 6.20 Å². The monoisotopic (exact) mass is 250 g/mol. The summed E-state index contributed by atoms with van der Waals surface area (Å²) in [6.07, 6.45) is 6.69. The van der Waals surface area contributed by atoms with Gasteiger partial charge in [0, 0.05) is 18.8 Å². The van der Waals surface area contributed by atoms with Gasteiger partial charge in [0.1, 0.15) is 0 Å². The summed E-state index contributed by atoms with van der Waals surface area (Å²) in [5, 5.41) is 9.27. The highest BCUT2D eigenvalue weighted by Gasteiger charge is 2.25. The van der Waals surface area contributed by atoms with Crippen LogP contribution >= 0.6 is 0 Å². The Kier molecular flexibility index (Phi) is 4.81. The average molecular weight is 250 g/mol. The highest BCUT2D eigenvalue weighted by atomic mass is 16.5. The molecule has 0 spiro atoms. The second kappa shape index (κ2) is 6.59. The first-order valence-electron chi connectivity index (χ1n) is 6.82. The topological polar surface area (TPSA) is 45.6 Å². The summed E-state index contributed by atoms with van der Waals surface area (Å²) in [6, 6.07) is 4.33. The van der Waals surface area contributed by atoms with E-state index in [4.69, 9.17) is 4.74 Å². The zero-order valence-corrected chi connectivity index (χ0v) is 11.0. The van der Waals surface area contributed by atoms with E-state index in [2.05, 4.69) is 9.88 Å². The Balaban J connectivity index is 2.23. The molecule has 1 aromatic heterocycles. The maximum absolute atomic E-state index is 9.27. The molecular formula is C14H22N2O2. The number of ether oxygens (including phenoxy) is 1. The zero-order chi connectivity index (χ0) is 12.8. The molecule has 1 aliphatic carbocycles. The van der Waals surface area contributed by atoms with Crippen LogP contribution in [0, 0.1) is 0 Å². The van der Waals surface area contributed by atoms with Gasteiger partial charge in [-0.15, -0.1) is 0 Å². The fraction of sp³-hybridized carbons (Fsp3) is 0.643. The number of aliphatic hydroxyl groups is 1. The summed E-state index contributed by atoms with van der Waals surface area (Å²) in [7, 11) is 0. The summed E-state index contributed by atoms with van der Waals surface area (Å²) >= 11 is 0. The molecule has 0 amide bonds. The number of aromatic nitrogens is 1. The van der Waals surface area contributed by atoms with Gasteiger partial charge in [-0.3, -0.25) is 0 Å². The lowest BCUT2D eigenvalue weighted by Crippen LogP contribution is -2.36. The molecule has 0 bridgehead atoms. The van der Waals surface area contributed by atoms with Crippen molar-refractivity contribution in [3.63, 3.8) is 0 Å². The van der Waals surface area contributed by atoms with Gasteiger partial charge in [0.2, 0.25) is 0 Å². The number of rotatable bonds is 6. The lowest BCUT2D eigenvalue weighted by Gasteiger charge is -2.30. The first-order chi connectivity index (χ1) is 8.86. The molecule has 4 heteroatoms. The molecule has 0 saturated heterocycles. The molecular weight excluding hydrogens is 228 g/mol. The van der Waals surface area contributed by atoms with Crippen LogP contribution in [0.15, 0.2) is 18.3 Å². The predicted molar refractivity (Wildman–Crippen MR) is 72.1 cm³/mol. The minimum Gasteiger partial charge on any atom is -0.490 e. The van der Waals surface area contributed by atoms with Crippen LogP contribution in [0.25, 0.3) is 0 Å². The van der Waals surface area contributed by atoms with E-state index < -0.39 is 0 Å². The van der Waals surface area contributed by atoms with Crippen molar-refractivity contribution in [1.82, 2.24) is 4.98 Å². The smallest absolute Gasteiger partial charge is 0.171 e. The van der Waals surface area contributed by atoms with Crippen LogP contribution in [0.3, 0.4) is 0 Å². The second-order valence-electron chi connectivity index (χ2n) is 4.61. The van der Waals surface area contributed by atoms with Gasteiger partial charge in [0.05, 0.1) is 13.2 Å². The van der Waals surface area contributed by atoms with Crippen LogP contribution in [-0.4, -0.2) is 35.9 Å². The minimum atomic E-state index is 0.151. The molecule has 1 N–H and O–H groups in total. The fourth-order valence-electron chi connectivity index (χ4n) is 2.65.